The van der Waals surface area contributed by atoms with Crippen molar-refractivity contribution in [1.29, 1.82) is 5.26 Å². The van der Waals surface area contributed by atoms with Gasteiger partial charge in [0.05, 0.1) is 11.3 Å². The zero-order valence-electron chi connectivity index (χ0n) is 9.41. The number of hydrogen-bond donors (Lipinski definition) is 1. The molecule has 4 nitrogen and oxygen atoms in total. The molecule has 1 N–H and O–H groups in total. The summed E-state index contributed by atoms with van der Waals surface area (Å²) in [4.78, 5) is 7.83. The highest BCUT2D eigenvalue weighted by Gasteiger charge is 2.07. The van der Waals surface area contributed by atoms with Gasteiger partial charge in [-0.2, -0.15) is 5.26 Å². The number of nitrogens with zero attached hydrogens (tertiary/aromatic N) is 3. The molecule has 18 heavy (non-hydrogen) atoms. The third-order valence-corrected chi connectivity index (χ3v) is 2.48. The molecular weight excluding hydrogens is 255 g/mol. The Balaban J connectivity index is 2.40. The number of anilines is 2. The second kappa shape index (κ2) is 4.98. The fourth-order valence-electron chi connectivity index (χ4n) is 1.39. The van der Waals surface area contributed by atoms with Crippen LogP contribution < -0.4 is 5.32 Å². The van der Waals surface area contributed by atoms with E-state index in [0.717, 1.165) is 11.6 Å². The number of rotatable bonds is 2. The molecule has 0 saturated heterocycles. The van der Waals surface area contributed by atoms with Gasteiger partial charge >= 0.3 is 0 Å². The number of halogens is 2. The molecule has 0 aliphatic heterocycles. The Kier molecular flexibility index (Phi) is 3.40. The predicted octanol–water partition coefficient (Wildman–Crippen LogP) is 3.19. The SMILES string of the molecule is Cc1cnc(Cl)nc1Nc1ccc(F)cc1C#N. The van der Waals surface area contributed by atoms with E-state index in [2.05, 4.69) is 15.3 Å². The molecule has 2 aromatic rings. The van der Waals surface area contributed by atoms with Crippen molar-refractivity contribution in [3.05, 3.63) is 46.6 Å². The van der Waals surface area contributed by atoms with E-state index >= 15 is 0 Å². The van der Waals surface area contributed by atoms with Gasteiger partial charge < -0.3 is 5.32 Å². The van der Waals surface area contributed by atoms with Crippen molar-refractivity contribution in [2.75, 3.05) is 5.32 Å². The van der Waals surface area contributed by atoms with Crippen LogP contribution in [0, 0.1) is 24.1 Å². The number of nitriles is 1. The lowest BCUT2D eigenvalue weighted by molar-refractivity contribution is 0.627. The molecule has 1 heterocycles. The molecule has 0 spiro atoms. The van der Waals surface area contributed by atoms with Crippen molar-refractivity contribution in [3.8, 4) is 6.07 Å². The molecule has 1 aromatic carbocycles. The van der Waals surface area contributed by atoms with Crippen molar-refractivity contribution >= 4 is 23.1 Å². The van der Waals surface area contributed by atoms with E-state index < -0.39 is 5.82 Å². The molecule has 0 fully saturated rings. The topological polar surface area (TPSA) is 61.6 Å². The molecule has 1 aromatic heterocycles. The first-order valence-corrected chi connectivity index (χ1v) is 5.44. The standard InChI is InChI=1S/C12H8ClFN4/c1-7-6-16-12(13)18-11(7)17-10-3-2-9(14)4-8(10)5-15/h2-4,6H,1H3,(H,16,17,18). The maximum absolute atomic E-state index is 13.0. The average molecular weight is 263 g/mol. The second-order valence-electron chi connectivity index (χ2n) is 3.60. The highest BCUT2D eigenvalue weighted by molar-refractivity contribution is 6.28. The highest BCUT2D eigenvalue weighted by atomic mass is 35.5. The molecular formula is C12H8ClFN4. The largest absolute Gasteiger partial charge is 0.339 e. The van der Waals surface area contributed by atoms with Crippen LogP contribution in [0.25, 0.3) is 0 Å². The van der Waals surface area contributed by atoms with Gasteiger partial charge in [0.25, 0.3) is 0 Å². The molecule has 0 atom stereocenters. The first-order chi connectivity index (χ1) is 8.60. The van der Waals surface area contributed by atoms with E-state index in [1.165, 1.54) is 12.1 Å². The van der Waals surface area contributed by atoms with Crippen molar-refractivity contribution in [2.45, 2.75) is 6.92 Å². The van der Waals surface area contributed by atoms with E-state index in [-0.39, 0.29) is 10.8 Å². The summed E-state index contributed by atoms with van der Waals surface area (Å²) in [6.45, 7) is 1.80. The van der Waals surface area contributed by atoms with Gasteiger partial charge in [-0.25, -0.2) is 14.4 Å². The zero-order chi connectivity index (χ0) is 13.1. The smallest absolute Gasteiger partial charge is 0.224 e. The molecule has 0 amide bonds. The maximum Gasteiger partial charge on any atom is 0.224 e. The number of nitrogens with one attached hydrogen (secondary N) is 1. The zero-order valence-corrected chi connectivity index (χ0v) is 10.2. The quantitative estimate of drug-likeness (QED) is 0.845. The van der Waals surface area contributed by atoms with Crippen LogP contribution in [0.2, 0.25) is 5.28 Å². The van der Waals surface area contributed by atoms with Gasteiger partial charge in [0, 0.05) is 11.8 Å². The van der Waals surface area contributed by atoms with Gasteiger partial charge in [-0.3, -0.25) is 0 Å². The van der Waals surface area contributed by atoms with E-state index in [0.29, 0.717) is 11.5 Å². The first kappa shape index (κ1) is 12.3. The van der Waals surface area contributed by atoms with E-state index in [9.17, 15) is 4.39 Å². The Morgan fingerprint density at radius 2 is 2.22 bits per heavy atom. The molecule has 0 saturated carbocycles. The number of benzene rings is 1. The average Bonchev–Trinajstić information content (AvgIpc) is 2.36. The molecule has 0 radical (unpaired) electrons. The number of aromatic nitrogens is 2. The second-order valence-corrected chi connectivity index (χ2v) is 3.94. The Hall–Kier alpha value is -2.19. The fourth-order valence-corrected chi connectivity index (χ4v) is 1.53. The molecule has 0 bridgehead atoms. The van der Waals surface area contributed by atoms with Gasteiger partial charge in [0.15, 0.2) is 0 Å². The minimum atomic E-state index is -0.463. The van der Waals surface area contributed by atoms with E-state index in [4.69, 9.17) is 16.9 Å². The van der Waals surface area contributed by atoms with Crippen LogP contribution >= 0.6 is 11.6 Å². The Bertz CT molecular complexity index is 636. The number of hydrogen-bond acceptors (Lipinski definition) is 4. The monoisotopic (exact) mass is 262 g/mol. The van der Waals surface area contributed by atoms with Crippen LogP contribution in [0.1, 0.15) is 11.1 Å². The molecule has 0 aliphatic carbocycles. The van der Waals surface area contributed by atoms with Crippen molar-refractivity contribution < 1.29 is 4.39 Å². The van der Waals surface area contributed by atoms with Gasteiger partial charge in [-0.05, 0) is 36.7 Å². The van der Waals surface area contributed by atoms with E-state index in [1.54, 1.807) is 13.1 Å². The molecule has 2 rings (SSSR count). The maximum atomic E-state index is 13.0. The van der Waals surface area contributed by atoms with Crippen LogP contribution in [0.5, 0.6) is 0 Å². The van der Waals surface area contributed by atoms with Gasteiger partial charge in [-0.1, -0.05) is 0 Å². The molecule has 6 heteroatoms. The van der Waals surface area contributed by atoms with Crippen LogP contribution in [-0.4, -0.2) is 9.97 Å². The van der Waals surface area contributed by atoms with Crippen LogP contribution in [-0.2, 0) is 0 Å². The predicted molar refractivity (Wildman–Crippen MR) is 66.2 cm³/mol. The lowest BCUT2D eigenvalue weighted by Crippen LogP contribution is -2.00. The van der Waals surface area contributed by atoms with Gasteiger partial charge in [0.2, 0.25) is 5.28 Å². The summed E-state index contributed by atoms with van der Waals surface area (Å²) in [5.74, 6) is 0.0210. The fraction of sp³-hybridized carbons (Fsp3) is 0.0833. The van der Waals surface area contributed by atoms with Crippen molar-refractivity contribution in [1.82, 2.24) is 9.97 Å². The summed E-state index contributed by atoms with van der Waals surface area (Å²) in [5.41, 5.74) is 1.44. The molecule has 0 unspecified atom stereocenters. The summed E-state index contributed by atoms with van der Waals surface area (Å²) in [5, 5.41) is 12.0. The lowest BCUT2D eigenvalue weighted by atomic mass is 10.2. The summed E-state index contributed by atoms with van der Waals surface area (Å²) >= 11 is 5.69. The first-order valence-electron chi connectivity index (χ1n) is 5.06. The van der Waals surface area contributed by atoms with Crippen LogP contribution in [0.4, 0.5) is 15.9 Å². The molecule has 0 aliphatic rings. The third kappa shape index (κ3) is 2.55. The van der Waals surface area contributed by atoms with Crippen molar-refractivity contribution in [2.24, 2.45) is 0 Å². The Morgan fingerprint density at radius 3 is 2.94 bits per heavy atom. The minimum absolute atomic E-state index is 0.101. The van der Waals surface area contributed by atoms with E-state index in [1.807, 2.05) is 6.07 Å². The lowest BCUT2D eigenvalue weighted by Gasteiger charge is -2.09. The normalized spacial score (nSPS) is 9.89. The highest BCUT2D eigenvalue weighted by Crippen LogP contribution is 2.22. The minimum Gasteiger partial charge on any atom is -0.339 e. The number of aryl methyl sites for hydroxylation is 1. The Labute approximate surface area is 108 Å². The van der Waals surface area contributed by atoms with Crippen molar-refractivity contribution in [3.63, 3.8) is 0 Å². The molecule has 90 valence electrons. The van der Waals surface area contributed by atoms with Gasteiger partial charge in [-0.15, -0.1) is 0 Å². The summed E-state index contributed by atoms with van der Waals surface area (Å²) in [6, 6.07) is 5.81. The Morgan fingerprint density at radius 1 is 1.44 bits per heavy atom. The third-order valence-electron chi connectivity index (χ3n) is 2.30. The van der Waals surface area contributed by atoms with Gasteiger partial charge in [0.1, 0.15) is 17.7 Å². The summed E-state index contributed by atoms with van der Waals surface area (Å²) in [7, 11) is 0. The summed E-state index contributed by atoms with van der Waals surface area (Å²) < 4.78 is 13.0. The van der Waals surface area contributed by atoms with Crippen LogP contribution in [0.15, 0.2) is 24.4 Å². The van der Waals surface area contributed by atoms with Crippen LogP contribution in [0.3, 0.4) is 0 Å². The summed E-state index contributed by atoms with van der Waals surface area (Å²) in [6.07, 6.45) is 1.56.